The van der Waals surface area contributed by atoms with Crippen LogP contribution in [-0.2, 0) is 20.9 Å². The predicted molar refractivity (Wildman–Crippen MR) is 123 cm³/mol. The van der Waals surface area contributed by atoms with Crippen molar-refractivity contribution in [3.05, 3.63) is 47.5 Å². The predicted octanol–water partition coefficient (Wildman–Crippen LogP) is 5.92. The minimum absolute atomic E-state index is 0.0649. The van der Waals surface area contributed by atoms with E-state index in [4.69, 9.17) is 14.2 Å². The number of hydrogen-bond donors (Lipinski definition) is 1. The van der Waals surface area contributed by atoms with Gasteiger partial charge in [0.1, 0.15) is 11.3 Å². The van der Waals surface area contributed by atoms with Crippen molar-refractivity contribution in [2.45, 2.75) is 64.2 Å². The van der Waals surface area contributed by atoms with E-state index < -0.39 is 12.0 Å². The maximum absolute atomic E-state index is 14.1. The van der Waals surface area contributed by atoms with Gasteiger partial charge < -0.3 is 19.5 Å². The fourth-order valence-electron chi connectivity index (χ4n) is 4.34. The van der Waals surface area contributed by atoms with Crippen molar-refractivity contribution in [1.82, 2.24) is 0 Å². The Morgan fingerprint density at radius 1 is 1.18 bits per heavy atom. The summed E-state index contributed by atoms with van der Waals surface area (Å²) in [6, 6.07) is 10.6. The Kier molecular flexibility index (Phi) is 7.29. The smallest absolute Gasteiger partial charge is 0.268 e. The Hall–Kier alpha value is -2.51. The van der Waals surface area contributed by atoms with Gasteiger partial charge in [-0.1, -0.05) is 18.2 Å². The minimum atomic E-state index is -2.68. The Bertz CT molecular complexity index is 984. The molecule has 33 heavy (non-hydrogen) atoms. The van der Waals surface area contributed by atoms with Gasteiger partial charge in [-0.05, 0) is 61.6 Å². The summed E-state index contributed by atoms with van der Waals surface area (Å²) in [5.41, 5.74) is 1.89. The number of anilines is 1. The molecule has 2 aromatic carbocycles. The van der Waals surface area contributed by atoms with Gasteiger partial charge >= 0.3 is 0 Å². The van der Waals surface area contributed by atoms with Gasteiger partial charge in [0.05, 0.1) is 24.9 Å². The molecule has 7 heteroatoms. The molecule has 0 spiro atoms. The first kappa shape index (κ1) is 23.6. The van der Waals surface area contributed by atoms with E-state index in [1.54, 1.807) is 32.0 Å². The van der Waals surface area contributed by atoms with Gasteiger partial charge in [-0.15, -0.1) is 0 Å². The van der Waals surface area contributed by atoms with Crippen LogP contribution in [0.2, 0.25) is 0 Å². The van der Waals surface area contributed by atoms with Crippen LogP contribution in [0.1, 0.15) is 57.1 Å². The molecule has 1 aliphatic carbocycles. The van der Waals surface area contributed by atoms with Crippen LogP contribution in [-0.4, -0.2) is 37.2 Å². The molecule has 1 saturated heterocycles. The highest BCUT2D eigenvalue weighted by Crippen LogP contribution is 2.41. The van der Waals surface area contributed by atoms with Crippen LogP contribution >= 0.6 is 0 Å². The second-order valence-electron chi connectivity index (χ2n) is 8.71. The van der Waals surface area contributed by atoms with Crippen molar-refractivity contribution in [3.63, 3.8) is 0 Å². The molecule has 0 unspecified atom stereocenters. The van der Waals surface area contributed by atoms with E-state index in [9.17, 15) is 13.6 Å². The summed E-state index contributed by atoms with van der Waals surface area (Å²) < 4.78 is 45.1. The van der Waals surface area contributed by atoms with Gasteiger partial charge in [0.2, 0.25) is 0 Å². The first-order chi connectivity index (χ1) is 15.9. The van der Waals surface area contributed by atoms with E-state index in [0.29, 0.717) is 50.4 Å². The summed E-state index contributed by atoms with van der Waals surface area (Å²) in [5, 5.41) is 3.43. The topological polar surface area (TPSA) is 56.8 Å². The Labute approximate surface area is 193 Å². The molecular formula is C26H31F2NO4. The molecule has 1 N–H and O–H groups in total. The molecule has 2 aliphatic rings. The van der Waals surface area contributed by atoms with E-state index in [0.717, 1.165) is 24.1 Å². The maximum atomic E-state index is 14.1. The third kappa shape index (κ3) is 5.36. The van der Waals surface area contributed by atoms with Crippen molar-refractivity contribution >= 4 is 11.5 Å². The average molecular weight is 460 g/mol. The van der Waals surface area contributed by atoms with Crippen LogP contribution in [0, 0.1) is 0 Å². The van der Waals surface area contributed by atoms with Crippen molar-refractivity contribution in [2.24, 2.45) is 0 Å². The molecule has 1 heterocycles. The van der Waals surface area contributed by atoms with Gasteiger partial charge in [0.15, 0.2) is 5.78 Å². The van der Waals surface area contributed by atoms with Gasteiger partial charge in [0.25, 0.3) is 6.43 Å². The number of nitrogens with one attached hydrogen (secondary N) is 1. The second-order valence-corrected chi connectivity index (χ2v) is 8.71. The molecule has 0 atom stereocenters. The van der Waals surface area contributed by atoms with Crippen LogP contribution in [0.5, 0.6) is 5.75 Å². The van der Waals surface area contributed by atoms with Crippen molar-refractivity contribution in [1.29, 1.82) is 0 Å². The summed E-state index contributed by atoms with van der Waals surface area (Å²) in [5.74, 6) is 0.258. The number of carbonyl (C=O) groups excluding carboxylic acids is 1. The normalized spacial score (nSPS) is 17.7. The van der Waals surface area contributed by atoms with E-state index in [2.05, 4.69) is 5.32 Å². The number of carbonyl (C=O) groups is 1. The second kappa shape index (κ2) is 10.2. The number of hydrogen-bond acceptors (Lipinski definition) is 5. The zero-order valence-corrected chi connectivity index (χ0v) is 19.2. The quantitative estimate of drug-likeness (QED) is 0.478. The monoisotopic (exact) mass is 459 g/mol. The maximum Gasteiger partial charge on any atom is 0.268 e. The number of alkyl halides is 2. The summed E-state index contributed by atoms with van der Waals surface area (Å²) in [6.07, 6.45) is 0.748. The lowest BCUT2D eigenvalue weighted by Crippen LogP contribution is -2.49. The molecule has 0 aromatic heterocycles. The lowest BCUT2D eigenvalue weighted by molar-refractivity contribution is -0.124. The van der Waals surface area contributed by atoms with Gasteiger partial charge in [-0.3, -0.25) is 4.79 Å². The summed E-state index contributed by atoms with van der Waals surface area (Å²) in [7, 11) is 0. The Morgan fingerprint density at radius 3 is 2.58 bits per heavy atom. The van der Waals surface area contributed by atoms with Gasteiger partial charge in [-0.25, -0.2) is 8.78 Å². The molecule has 4 rings (SSSR count). The summed E-state index contributed by atoms with van der Waals surface area (Å²) >= 11 is 0. The highest BCUT2D eigenvalue weighted by atomic mass is 19.3. The number of benzene rings is 2. The van der Waals surface area contributed by atoms with Crippen molar-refractivity contribution in [3.8, 4) is 16.9 Å². The third-order valence-corrected chi connectivity index (χ3v) is 6.38. The molecular weight excluding hydrogens is 428 g/mol. The third-order valence-electron chi connectivity index (χ3n) is 6.38. The number of ketones is 1. The molecule has 0 amide bonds. The number of Topliss-reactive ketones (excluding diaryl/α,β-unsaturated/α-hetero) is 1. The molecule has 178 valence electrons. The zero-order valence-electron chi connectivity index (χ0n) is 19.2. The molecule has 1 saturated carbocycles. The molecule has 1 aliphatic heterocycles. The summed E-state index contributed by atoms with van der Waals surface area (Å²) in [4.78, 5) is 12.5. The van der Waals surface area contributed by atoms with Crippen LogP contribution in [0.3, 0.4) is 0 Å². The highest BCUT2D eigenvalue weighted by Gasteiger charge is 2.37. The highest BCUT2D eigenvalue weighted by molar-refractivity contribution is 5.89. The standard InChI is InChI=1S/C26H31F2NO4/c1-3-32-23-6-4-5-22(24(23)25(27)28)21-10-7-19(15-18(21)16-33-20-8-9-20)29-26(17(2)30)11-13-31-14-12-26/h4-7,10,15,20,25,29H,3,8-9,11-14,16H2,1-2H3. The van der Waals surface area contributed by atoms with Crippen LogP contribution in [0.25, 0.3) is 11.1 Å². The molecule has 0 bridgehead atoms. The van der Waals surface area contributed by atoms with Crippen LogP contribution in [0.4, 0.5) is 14.5 Å². The zero-order chi connectivity index (χ0) is 23.4. The van der Waals surface area contributed by atoms with Crippen LogP contribution in [0.15, 0.2) is 36.4 Å². The Balaban J connectivity index is 1.73. The van der Waals surface area contributed by atoms with Crippen LogP contribution < -0.4 is 10.1 Å². The lowest BCUT2D eigenvalue weighted by atomic mass is 9.85. The fourth-order valence-corrected chi connectivity index (χ4v) is 4.34. The fraction of sp³-hybridized carbons (Fsp3) is 0.500. The summed E-state index contributed by atoms with van der Waals surface area (Å²) in [6.45, 7) is 5.03. The number of rotatable bonds is 10. The number of halogens is 2. The van der Waals surface area contributed by atoms with E-state index in [1.165, 1.54) is 0 Å². The van der Waals surface area contributed by atoms with E-state index in [1.807, 2.05) is 18.2 Å². The van der Waals surface area contributed by atoms with Crippen molar-refractivity contribution < 1.29 is 27.8 Å². The molecule has 2 fully saturated rings. The minimum Gasteiger partial charge on any atom is -0.493 e. The first-order valence-electron chi connectivity index (χ1n) is 11.6. The lowest BCUT2D eigenvalue weighted by Gasteiger charge is -2.36. The molecule has 0 radical (unpaired) electrons. The molecule has 2 aromatic rings. The Morgan fingerprint density at radius 2 is 1.94 bits per heavy atom. The largest absolute Gasteiger partial charge is 0.493 e. The van der Waals surface area contributed by atoms with E-state index in [-0.39, 0.29) is 23.2 Å². The van der Waals surface area contributed by atoms with Crippen molar-refractivity contribution in [2.75, 3.05) is 25.1 Å². The average Bonchev–Trinajstić information content (AvgIpc) is 3.63. The SMILES string of the molecule is CCOc1cccc(-c2ccc(NC3(C(C)=O)CCOCC3)cc2COC2CC2)c1C(F)F. The van der Waals surface area contributed by atoms with E-state index >= 15 is 0 Å². The first-order valence-corrected chi connectivity index (χ1v) is 11.6. The van der Waals surface area contributed by atoms with Gasteiger partial charge in [0, 0.05) is 31.7 Å². The number of ether oxygens (including phenoxy) is 3. The molecule has 5 nitrogen and oxygen atoms in total. The van der Waals surface area contributed by atoms with Gasteiger partial charge in [-0.2, -0.15) is 0 Å².